The average molecular weight is 523 g/mol. The zero-order valence-corrected chi connectivity index (χ0v) is 23.1. The summed E-state index contributed by atoms with van der Waals surface area (Å²) < 4.78 is 12.5. The van der Waals surface area contributed by atoms with Gasteiger partial charge in [0.25, 0.3) is 0 Å². The maximum Gasteiger partial charge on any atom is 0.338 e. The van der Waals surface area contributed by atoms with Crippen molar-refractivity contribution < 1.29 is 34.1 Å². The Morgan fingerprint density at radius 1 is 1.03 bits per heavy atom. The predicted molar refractivity (Wildman–Crippen MR) is 140 cm³/mol. The van der Waals surface area contributed by atoms with Crippen molar-refractivity contribution >= 4 is 17.7 Å². The molecule has 2 N–H and O–H groups in total. The van der Waals surface area contributed by atoms with E-state index < -0.39 is 76.3 Å². The molecule has 2 fully saturated rings. The molecule has 2 saturated carbocycles. The van der Waals surface area contributed by atoms with Gasteiger partial charge in [0.2, 0.25) is 0 Å². The number of aliphatic hydroxyl groups is 2. The van der Waals surface area contributed by atoms with E-state index in [2.05, 4.69) is 0 Å². The number of rotatable bonds is 4. The molecule has 0 aliphatic heterocycles. The molecule has 0 amide bonds. The second-order valence-corrected chi connectivity index (χ2v) is 12.6. The molecule has 7 heteroatoms. The minimum atomic E-state index is -1.54. The Labute approximate surface area is 223 Å². The zero-order chi connectivity index (χ0) is 27.9. The lowest BCUT2D eigenvalue weighted by Gasteiger charge is -2.52. The van der Waals surface area contributed by atoms with Crippen LogP contribution in [0.4, 0.5) is 0 Å². The molecule has 4 aliphatic rings. The number of ketones is 1. The summed E-state index contributed by atoms with van der Waals surface area (Å²) in [5.74, 6) is -4.76. The molecule has 7 nitrogen and oxygen atoms in total. The smallest absolute Gasteiger partial charge is 0.338 e. The van der Waals surface area contributed by atoms with E-state index in [0.717, 1.165) is 0 Å². The second kappa shape index (κ2) is 8.62. The molecule has 204 valence electrons. The predicted octanol–water partition coefficient (Wildman–Crippen LogP) is 3.89. The molecule has 38 heavy (non-hydrogen) atoms. The first-order valence-electron chi connectivity index (χ1n) is 13.5. The van der Waals surface area contributed by atoms with E-state index in [9.17, 15) is 24.6 Å². The summed E-state index contributed by atoms with van der Waals surface area (Å²) in [6, 6.07) is 8.59. The van der Waals surface area contributed by atoms with Gasteiger partial charge in [0.15, 0.2) is 11.4 Å². The number of allylic oxidation sites excluding steroid dienone is 1. The third-order valence-electron chi connectivity index (χ3n) is 9.94. The van der Waals surface area contributed by atoms with Gasteiger partial charge < -0.3 is 19.7 Å². The average Bonchev–Trinajstić information content (AvgIpc) is 3.22. The van der Waals surface area contributed by atoms with Crippen molar-refractivity contribution in [3.05, 3.63) is 59.2 Å². The Balaban J connectivity index is 1.69. The van der Waals surface area contributed by atoms with E-state index >= 15 is 0 Å². The molecule has 0 spiro atoms. The number of ether oxygens (including phenoxy) is 2. The highest BCUT2D eigenvalue weighted by molar-refractivity contribution is 6.00. The van der Waals surface area contributed by atoms with E-state index in [1.807, 2.05) is 19.9 Å². The van der Waals surface area contributed by atoms with Crippen LogP contribution in [0.3, 0.4) is 0 Å². The second-order valence-electron chi connectivity index (χ2n) is 12.6. The highest BCUT2D eigenvalue weighted by Crippen LogP contribution is 2.77. The summed E-state index contributed by atoms with van der Waals surface area (Å²) >= 11 is 0. The standard InChI is InChI=1S/C31H38O7/c1-15(2)27(34)38-31-25(29(31,6)7)21-14-17(4)24(33)22-20(13-16(3)23(22)32)30(21,36)18(5)26(31)37-28(35)19-11-9-8-10-12-19/h8-15,18,20-22,24-26,33,36H,1-7H3/t18-,20-,21-,22+,24-,25+,26-,30+,31-/m1/s1. The molecule has 0 bridgehead atoms. The quantitative estimate of drug-likeness (QED) is 0.456. The van der Waals surface area contributed by atoms with Gasteiger partial charge in [-0.1, -0.05) is 65.0 Å². The Morgan fingerprint density at radius 3 is 2.26 bits per heavy atom. The lowest BCUT2D eigenvalue weighted by atomic mass is 9.59. The molecule has 9 atom stereocenters. The van der Waals surface area contributed by atoms with E-state index in [4.69, 9.17) is 9.47 Å². The Morgan fingerprint density at radius 2 is 1.66 bits per heavy atom. The lowest BCUT2D eigenvalue weighted by molar-refractivity contribution is -0.211. The molecule has 1 aromatic carbocycles. The van der Waals surface area contributed by atoms with Gasteiger partial charge in [-0.05, 0) is 37.1 Å². The van der Waals surface area contributed by atoms with E-state index in [1.165, 1.54) is 0 Å². The van der Waals surface area contributed by atoms with Crippen LogP contribution in [-0.4, -0.2) is 51.3 Å². The fourth-order valence-electron chi connectivity index (χ4n) is 7.79. The summed E-state index contributed by atoms with van der Waals surface area (Å²) in [7, 11) is 0. The van der Waals surface area contributed by atoms with Crippen LogP contribution >= 0.6 is 0 Å². The van der Waals surface area contributed by atoms with Gasteiger partial charge >= 0.3 is 11.9 Å². The van der Waals surface area contributed by atoms with Crippen LogP contribution in [0.25, 0.3) is 0 Å². The summed E-state index contributed by atoms with van der Waals surface area (Å²) in [6.07, 6.45) is 1.60. The molecular formula is C31H38O7. The molecule has 0 aromatic heterocycles. The van der Waals surface area contributed by atoms with E-state index in [-0.39, 0.29) is 5.78 Å². The molecule has 4 aliphatic carbocycles. The van der Waals surface area contributed by atoms with Gasteiger partial charge in [-0.15, -0.1) is 0 Å². The normalized spacial score (nSPS) is 40.7. The molecule has 0 heterocycles. The van der Waals surface area contributed by atoms with E-state index in [1.54, 1.807) is 71.0 Å². The van der Waals surface area contributed by atoms with Crippen LogP contribution in [0.5, 0.6) is 0 Å². The lowest BCUT2D eigenvalue weighted by Crippen LogP contribution is -2.64. The van der Waals surface area contributed by atoms with Crippen molar-refractivity contribution in [3.63, 3.8) is 0 Å². The van der Waals surface area contributed by atoms with Crippen molar-refractivity contribution in [2.24, 2.45) is 40.9 Å². The SMILES string of the molecule is CC1=C[C@@H]2[C@@H](C1=O)[C@H](O)C(C)=C[C@@H]1[C@H]3C(C)(C)[C@]3(OC(=O)C(C)C)[C@H](OC(=O)c3ccccc3)[C@@H](C)[C@]21O. The highest BCUT2D eigenvalue weighted by atomic mass is 16.6. The molecular weight excluding hydrogens is 484 g/mol. The number of esters is 2. The van der Waals surface area contributed by atoms with Crippen molar-refractivity contribution in [1.29, 1.82) is 0 Å². The fourth-order valence-corrected chi connectivity index (χ4v) is 7.79. The van der Waals surface area contributed by atoms with Crippen molar-refractivity contribution in [2.75, 3.05) is 0 Å². The Kier molecular flexibility index (Phi) is 6.08. The number of carbonyl (C=O) groups is 3. The molecule has 0 radical (unpaired) electrons. The molecule has 5 rings (SSSR count). The number of benzene rings is 1. The minimum Gasteiger partial charge on any atom is -0.454 e. The summed E-state index contributed by atoms with van der Waals surface area (Å²) in [5, 5.41) is 24.0. The number of aliphatic hydroxyl groups excluding tert-OH is 1. The summed E-state index contributed by atoms with van der Waals surface area (Å²) in [6.45, 7) is 12.7. The van der Waals surface area contributed by atoms with Gasteiger partial charge in [0.1, 0.15) is 6.10 Å². The van der Waals surface area contributed by atoms with Crippen molar-refractivity contribution in [1.82, 2.24) is 0 Å². The summed E-state index contributed by atoms with van der Waals surface area (Å²) in [4.78, 5) is 39.7. The summed E-state index contributed by atoms with van der Waals surface area (Å²) in [5.41, 5.74) is -1.92. The monoisotopic (exact) mass is 522 g/mol. The minimum absolute atomic E-state index is 0.188. The number of hydrogen-bond acceptors (Lipinski definition) is 7. The number of fused-ring (bicyclic) bond motifs is 5. The van der Waals surface area contributed by atoms with Crippen LogP contribution in [-0.2, 0) is 19.1 Å². The maximum absolute atomic E-state index is 13.4. The first-order valence-corrected chi connectivity index (χ1v) is 13.5. The van der Waals surface area contributed by atoms with Crippen LogP contribution in [0.2, 0.25) is 0 Å². The van der Waals surface area contributed by atoms with Crippen LogP contribution in [0, 0.1) is 40.9 Å². The van der Waals surface area contributed by atoms with Gasteiger partial charge in [-0.2, -0.15) is 0 Å². The third kappa shape index (κ3) is 3.37. The van der Waals surface area contributed by atoms with Gasteiger partial charge in [-0.3, -0.25) is 9.59 Å². The topological polar surface area (TPSA) is 110 Å². The first-order chi connectivity index (χ1) is 17.7. The van der Waals surface area contributed by atoms with Crippen LogP contribution in [0.1, 0.15) is 58.8 Å². The Bertz CT molecular complexity index is 1240. The van der Waals surface area contributed by atoms with Crippen molar-refractivity contribution in [3.8, 4) is 0 Å². The largest absolute Gasteiger partial charge is 0.454 e. The number of carbonyl (C=O) groups excluding carboxylic acids is 3. The molecule has 0 saturated heterocycles. The van der Waals surface area contributed by atoms with Crippen LogP contribution < -0.4 is 0 Å². The van der Waals surface area contributed by atoms with Gasteiger partial charge in [0, 0.05) is 29.1 Å². The highest BCUT2D eigenvalue weighted by Gasteiger charge is 2.87. The van der Waals surface area contributed by atoms with Crippen molar-refractivity contribution in [2.45, 2.75) is 71.9 Å². The third-order valence-corrected chi connectivity index (χ3v) is 9.94. The molecule has 1 aromatic rings. The van der Waals surface area contributed by atoms with Gasteiger partial charge in [0.05, 0.1) is 29.1 Å². The maximum atomic E-state index is 13.4. The Hall–Kier alpha value is -2.77. The van der Waals surface area contributed by atoms with Crippen LogP contribution in [0.15, 0.2) is 53.6 Å². The fraction of sp³-hybridized carbons (Fsp3) is 0.581. The van der Waals surface area contributed by atoms with E-state index in [0.29, 0.717) is 16.7 Å². The molecule has 0 unspecified atom stereocenters. The zero-order valence-electron chi connectivity index (χ0n) is 23.1. The first kappa shape index (κ1) is 26.8. The number of Topliss-reactive ketones (excluding diaryl/α,β-unsaturated/α-hetero) is 1. The number of hydrogen-bond donors (Lipinski definition) is 2. The van der Waals surface area contributed by atoms with Gasteiger partial charge in [-0.25, -0.2) is 4.79 Å².